The van der Waals surface area contributed by atoms with E-state index < -0.39 is 48.0 Å². The number of piperazine rings is 1. The van der Waals surface area contributed by atoms with Crippen molar-refractivity contribution in [1.29, 1.82) is 0 Å². The number of ether oxygens (including phenoxy) is 1. The zero-order valence-electron chi connectivity index (χ0n) is 17.3. The summed E-state index contributed by atoms with van der Waals surface area (Å²) in [6.07, 6.45) is -11.8. The number of rotatable bonds is 2. The molecule has 0 bridgehead atoms. The molecule has 1 unspecified atom stereocenters. The van der Waals surface area contributed by atoms with E-state index in [4.69, 9.17) is 11.6 Å². The van der Waals surface area contributed by atoms with Crippen LogP contribution < -0.4 is 10.6 Å². The largest absolute Gasteiger partial charge is 0.490 e. The van der Waals surface area contributed by atoms with E-state index in [1.165, 1.54) is 24.3 Å². The van der Waals surface area contributed by atoms with Gasteiger partial charge in [-0.05, 0) is 41.5 Å². The summed E-state index contributed by atoms with van der Waals surface area (Å²) in [6.45, 7) is -0.209. The van der Waals surface area contributed by atoms with Crippen molar-refractivity contribution in [2.45, 2.75) is 24.6 Å². The molecule has 0 aliphatic carbocycles. The number of hydrogen-bond acceptors (Lipinski definition) is 5. The number of benzene rings is 2. The van der Waals surface area contributed by atoms with Crippen LogP contribution in [-0.4, -0.2) is 54.2 Å². The summed E-state index contributed by atoms with van der Waals surface area (Å²) in [5.74, 6) is -4.25. The van der Waals surface area contributed by atoms with E-state index in [-0.39, 0.29) is 40.5 Å². The van der Waals surface area contributed by atoms with Crippen molar-refractivity contribution >= 4 is 35.1 Å². The second kappa shape index (κ2) is 8.72. The molecule has 2 aliphatic heterocycles. The van der Waals surface area contributed by atoms with Crippen LogP contribution in [0.15, 0.2) is 36.4 Å². The van der Waals surface area contributed by atoms with E-state index in [1.54, 1.807) is 0 Å². The van der Waals surface area contributed by atoms with Gasteiger partial charge in [0.1, 0.15) is 0 Å². The molecule has 2 aromatic rings. The van der Waals surface area contributed by atoms with Crippen molar-refractivity contribution in [2.24, 2.45) is 0 Å². The molecule has 2 aliphatic rings. The van der Waals surface area contributed by atoms with Crippen LogP contribution in [0.2, 0.25) is 5.02 Å². The van der Waals surface area contributed by atoms with E-state index >= 15 is 0 Å². The number of nitrogens with zero attached hydrogens (tertiary/aromatic N) is 1. The minimum atomic E-state index is -5.32. The molecule has 0 aromatic heterocycles. The monoisotopic (exact) mass is 521 g/mol. The van der Waals surface area contributed by atoms with Crippen LogP contribution in [0.4, 0.5) is 32.0 Å². The van der Waals surface area contributed by atoms with Gasteiger partial charge in [-0.2, -0.15) is 26.3 Å². The fourth-order valence-corrected chi connectivity index (χ4v) is 4.06. The maximum absolute atomic E-state index is 13.3. The molecule has 2 atom stereocenters. The van der Waals surface area contributed by atoms with Gasteiger partial charge >= 0.3 is 18.3 Å². The van der Waals surface area contributed by atoms with E-state index in [9.17, 15) is 40.7 Å². The van der Waals surface area contributed by atoms with Crippen LogP contribution in [0.3, 0.4) is 0 Å². The Bertz CT molecular complexity index is 1220. The zero-order valence-corrected chi connectivity index (χ0v) is 18.0. The summed E-state index contributed by atoms with van der Waals surface area (Å²) in [5, 5.41) is 4.68. The average molecular weight is 522 g/mol. The molecule has 2 heterocycles. The number of halogens is 7. The molecule has 0 saturated carbocycles. The second-order valence-electron chi connectivity index (χ2n) is 7.70. The van der Waals surface area contributed by atoms with Crippen molar-refractivity contribution in [3.63, 3.8) is 0 Å². The van der Waals surface area contributed by atoms with E-state index in [2.05, 4.69) is 15.4 Å². The van der Waals surface area contributed by atoms with Gasteiger partial charge in [0.15, 0.2) is 12.3 Å². The molecule has 2 aromatic carbocycles. The predicted molar refractivity (Wildman–Crippen MR) is 109 cm³/mol. The number of alkyl halides is 6. The van der Waals surface area contributed by atoms with Crippen LogP contribution in [0.1, 0.15) is 15.9 Å². The maximum atomic E-state index is 13.3. The molecule has 0 radical (unpaired) electrons. The molecule has 14 heteroatoms. The molecule has 1 saturated heterocycles. The molecular weight excluding hydrogens is 508 g/mol. The minimum Gasteiger partial charge on any atom is -0.437 e. The molecule has 35 heavy (non-hydrogen) atoms. The molecular formula is C21H14ClF6N3O4. The highest BCUT2D eigenvalue weighted by atomic mass is 35.5. The molecule has 7 nitrogen and oxygen atoms in total. The summed E-state index contributed by atoms with van der Waals surface area (Å²) in [6, 6.07) is 5.09. The van der Waals surface area contributed by atoms with Crippen molar-refractivity contribution in [3.8, 4) is 11.1 Å². The van der Waals surface area contributed by atoms with Gasteiger partial charge in [0, 0.05) is 18.1 Å². The fourth-order valence-electron chi connectivity index (χ4n) is 3.83. The lowest BCUT2D eigenvalue weighted by molar-refractivity contribution is -0.210. The summed E-state index contributed by atoms with van der Waals surface area (Å²) in [7, 11) is 0. The van der Waals surface area contributed by atoms with E-state index in [1.807, 2.05) is 0 Å². The Morgan fingerprint density at radius 2 is 1.74 bits per heavy atom. The normalized spacial score (nSPS) is 20.5. The first-order valence-corrected chi connectivity index (χ1v) is 10.3. The second-order valence-corrected chi connectivity index (χ2v) is 8.13. The van der Waals surface area contributed by atoms with Gasteiger partial charge < -0.3 is 15.0 Å². The number of carbonyl (C=O) groups excluding carboxylic acids is 3. The summed E-state index contributed by atoms with van der Waals surface area (Å²) < 4.78 is 82.0. The lowest BCUT2D eigenvalue weighted by Gasteiger charge is -2.38. The number of carbonyl (C=O) groups is 3. The Hall–Kier alpha value is -3.32. The number of anilines is 1. The number of hydrogen-bond donors (Lipinski definition) is 2. The highest BCUT2D eigenvalue weighted by Gasteiger charge is 2.48. The molecule has 0 spiro atoms. The smallest absolute Gasteiger partial charge is 0.437 e. The van der Waals surface area contributed by atoms with Gasteiger partial charge in [0.2, 0.25) is 0 Å². The van der Waals surface area contributed by atoms with Gasteiger partial charge in [0.05, 0.1) is 16.8 Å². The summed E-state index contributed by atoms with van der Waals surface area (Å²) in [5.41, 5.74) is -0.921. The van der Waals surface area contributed by atoms with Crippen LogP contribution in [0, 0.1) is 0 Å². The van der Waals surface area contributed by atoms with Crippen molar-refractivity contribution in [1.82, 2.24) is 10.2 Å². The first-order chi connectivity index (χ1) is 16.3. The summed E-state index contributed by atoms with van der Waals surface area (Å²) in [4.78, 5) is 38.3. The quantitative estimate of drug-likeness (QED) is 0.463. The Morgan fingerprint density at radius 1 is 1.03 bits per heavy atom. The zero-order chi connectivity index (χ0) is 25.7. The highest BCUT2D eigenvalue weighted by molar-refractivity contribution is 6.31. The SMILES string of the molecule is O=C1Nc2ccc(-c3cc(Cl)cc(C(F)(F)F)c3)cc2C(=O)N2CCNC(OC(=O)C(F)(F)F)[C@@H]12. The third-order valence-corrected chi connectivity index (χ3v) is 5.60. The highest BCUT2D eigenvalue weighted by Crippen LogP contribution is 2.36. The summed E-state index contributed by atoms with van der Waals surface area (Å²) >= 11 is 5.84. The van der Waals surface area contributed by atoms with Gasteiger partial charge in [-0.3, -0.25) is 14.9 Å². The molecule has 186 valence electrons. The van der Waals surface area contributed by atoms with E-state index in [0.29, 0.717) is 0 Å². The Balaban J connectivity index is 1.71. The van der Waals surface area contributed by atoms with Gasteiger partial charge in [-0.25, -0.2) is 4.79 Å². The van der Waals surface area contributed by atoms with Crippen LogP contribution in [0.5, 0.6) is 0 Å². The average Bonchev–Trinajstić information content (AvgIpc) is 2.87. The number of amides is 2. The number of fused-ring (bicyclic) bond motifs is 2. The third kappa shape index (κ3) is 4.91. The van der Waals surface area contributed by atoms with Crippen LogP contribution in [0.25, 0.3) is 11.1 Å². The third-order valence-electron chi connectivity index (χ3n) is 5.38. The standard InChI is InChI=1S/C21H14ClF6N3O4/c22-12-6-10(5-11(8-12)20(23,24)25)9-1-2-14-13(7-9)18(33)31-4-3-29-17(15(31)16(32)30-14)35-19(34)21(26,27)28/h1-2,5-8,15,17,29H,3-4H2,(H,30,32)/t15-,17?/m1/s1. The number of esters is 1. The Morgan fingerprint density at radius 3 is 2.40 bits per heavy atom. The Labute approximate surface area is 198 Å². The van der Waals surface area contributed by atoms with Crippen molar-refractivity contribution in [3.05, 3.63) is 52.5 Å². The van der Waals surface area contributed by atoms with Gasteiger partial charge in [-0.1, -0.05) is 17.7 Å². The van der Waals surface area contributed by atoms with E-state index in [0.717, 1.165) is 17.0 Å². The predicted octanol–water partition coefficient (Wildman–Crippen LogP) is 3.82. The minimum absolute atomic E-state index is 0.0166. The molecule has 2 amide bonds. The van der Waals surface area contributed by atoms with Crippen molar-refractivity contribution < 1.29 is 45.5 Å². The molecule has 4 rings (SSSR count). The lowest BCUT2D eigenvalue weighted by atomic mass is 9.99. The number of nitrogens with one attached hydrogen (secondary N) is 2. The fraction of sp³-hybridized carbons (Fsp3) is 0.286. The molecule has 2 N–H and O–H groups in total. The van der Waals surface area contributed by atoms with Crippen LogP contribution >= 0.6 is 11.6 Å². The van der Waals surface area contributed by atoms with Crippen molar-refractivity contribution in [2.75, 3.05) is 18.4 Å². The van der Waals surface area contributed by atoms with Gasteiger partial charge in [0.25, 0.3) is 11.8 Å². The van der Waals surface area contributed by atoms with Crippen LogP contribution in [-0.2, 0) is 20.5 Å². The topological polar surface area (TPSA) is 87.7 Å². The lowest BCUT2D eigenvalue weighted by Crippen LogP contribution is -2.64. The molecule has 1 fully saturated rings. The maximum Gasteiger partial charge on any atom is 0.490 e. The Kier molecular flexibility index (Phi) is 6.18. The first kappa shape index (κ1) is 24.8. The van der Waals surface area contributed by atoms with Gasteiger partial charge in [-0.15, -0.1) is 0 Å². The first-order valence-electron chi connectivity index (χ1n) is 9.91.